The van der Waals surface area contributed by atoms with Gasteiger partial charge in [-0.2, -0.15) is 0 Å². The summed E-state index contributed by atoms with van der Waals surface area (Å²) in [5.41, 5.74) is -0.0693. The second-order valence-electron chi connectivity index (χ2n) is 5.89. The van der Waals surface area contributed by atoms with E-state index in [1.807, 2.05) is 0 Å². The van der Waals surface area contributed by atoms with Gasteiger partial charge in [0.1, 0.15) is 6.04 Å². The summed E-state index contributed by atoms with van der Waals surface area (Å²) in [6, 6.07) is 3.01. The number of ether oxygens (including phenoxy) is 2. The molecule has 1 aromatic carbocycles. The molecule has 1 heterocycles. The number of hydrogen-bond acceptors (Lipinski definition) is 8. The van der Waals surface area contributed by atoms with Crippen LogP contribution in [0.1, 0.15) is 5.56 Å². The number of thiol groups is 1. The third-order valence-corrected chi connectivity index (χ3v) is 4.70. The lowest BCUT2D eigenvalue weighted by Gasteiger charge is -2.39. The maximum atomic E-state index is 12.9. The summed E-state index contributed by atoms with van der Waals surface area (Å²) in [5.74, 6) is -1.30. The summed E-state index contributed by atoms with van der Waals surface area (Å²) < 4.78 is 9.40. The highest BCUT2D eigenvalue weighted by atomic mass is 32.1. The number of benzene rings is 1. The highest BCUT2D eigenvalue weighted by Gasteiger charge is 2.39. The van der Waals surface area contributed by atoms with Gasteiger partial charge in [-0.1, -0.05) is 12.6 Å². The van der Waals surface area contributed by atoms with Crippen LogP contribution >= 0.6 is 12.6 Å². The van der Waals surface area contributed by atoms with Crippen LogP contribution < -0.4 is 0 Å². The number of hydrogen-bond donors (Lipinski definition) is 1. The number of methoxy groups -OCH3 is 2. The zero-order chi connectivity index (χ0) is 21.0. The Morgan fingerprint density at radius 1 is 1.25 bits per heavy atom. The van der Waals surface area contributed by atoms with Gasteiger partial charge in [0.25, 0.3) is 11.6 Å². The van der Waals surface area contributed by atoms with Crippen LogP contribution in [-0.2, 0) is 19.1 Å². The molecule has 0 aliphatic carbocycles. The fraction of sp³-hybridized carbons (Fsp3) is 0.353. The first-order chi connectivity index (χ1) is 13.2. The number of rotatable bonds is 4. The van der Waals surface area contributed by atoms with E-state index >= 15 is 0 Å². The predicted octanol–water partition coefficient (Wildman–Crippen LogP) is 1.35. The van der Waals surface area contributed by atoms with Crippen LogP contribution in [-0.4, -0.2) is 72.6 Å². The molecule has 1 saturated heterocycles. The SMILES string of the molecule is C=C(C(=O)N1CCN(C(=O)OC)CC1C(=O)OC)c1ccc(S)c([N+](=O)[O-])c1. The highest BCUT2D eigenvalue weighted by molar-refractivity contribution is 7.80. The first-order valence-electron chi connectivity index (χ1n) is 8.09. The number of esters is 1. The Hall–Kier alpha value is -3.08. The predicted molar refractivity (Wildman–Crippen MR) is 101 cm³/mol. The van der Waals surface area contributed by atoms with Crippen molar-refractivity contribution < 1.29 is 28.8 Å². The summed E-state index contributed by atoms with van der Waals surface area (Å²) in [5, 5.41) is 11.1. The van der Waals surface area contributed by atoms with Crippen molar-refractivity contribution in [3.8, 4) is 0 Å². The zero-order valence-electron chi connectivity index (χ0n) is 15.3. The molecular formula is C17H19N3O7S. The highest BCUT2D eigenvalue weighted by Crippen LogP contribution is 2.28. The van der Waals surface area contributed by atoms with Crippen molar-refractivity contribution in [1.82, 2.24) is 9.80 Å². The molecule has 0 spiro atoms. The second kappa shape index (κ2) is 8.74. The van der Waals surface area contributed by atoms with Gasteiger partial charge in [0, 0.05) is 24.7 Å². The standard InChI is InChI=1S/C17H19N3O7S/c1-10(11-4-5-14(28)12(8-11)20(24)25)15(21)19-7-6-18(17(23)27-3)9-13(19)16(22)26-2/h4-5,8,13,28H,1,6-7,9H2,2-3H3. The van der Waals surface area contributed by atoms with Crippen molar-refractivity contribution in [3.63, 3.8) is 0 Å². The number of nitro groups is 1. The molecule has 28 heavy (non-hydrogen) atoms. The largest absolute Gasteiger partial charge is 0.467 e. The number of carbonyl (C=O) groups is 3. The van der Waals surface area contributed by atoms with Crippen LogP contribution in [0.4, 0.5) is 10.5 Å². The molecule has 0 radical (unpaired) electrons. The van der Waals surface area contributed by atoms with E-state index < -0.39 is 28.9 Å². The third-order valence-electron chi connectivity index (χ3n) is 4.33. The number of piperazine rings is 1. The maximum Gasteiger partial charge on any atom is 0.409 e. The molecule has 0 N–H and O–H groups in total. The van der Waals surface area contributed by atoms with E-state index in [0.717, 1.165) is 0 Å². The summed E-state index contributed by atoms with van der Waals surface area (Å²) in [4.78, 5) is 50.0. The summed E-state index contributed by atoms with van der Waals surface area (Å²) in [6.07, 6.45) is -0.625. The van der Waals surface area contributed by atoms with Crippen molar-refractivity contribution in [2.24, 2.45) is 0 Å². The molecule has 0 bridgehead atoms. The van der Waals surface area contributed by atoms with Gasteiger partial charge < -0.3 is 19.3 Å². The van der Waals surface area contributed by atoms with Crippen LogP contribution in [0.3, 0.4) is 0 Å². The van der Waals surface area contributed by atoms with E-state index in [4.69, 9.17) is 4.74 Å². The second-order valence-corrected chi connectivity index (χ2v) is 6.37. The number of nitro benzene ring substituents is 1. The summed E-state index contributed by atoms with van der Waals surface area (Å²) in [7, 11) is 2.39. The van der Waals surface area contributed by atoms with Gasteiger partial charge in [0.2, 0.25) is 0 Å². The monoisotopic (exact) mass is 409 g/mol. The first kappa shape index (κ1) is 21.2. The fourth-order valence-electron chi connectivity index (χ4n) is 2.81. The van der Waals surface area contributed by atoms with E-state index in [2.05, 4.69) is 23.9 Å². The summed E-state index contributed by atoms with van der Waals surface area (Å²) >= 11 is 4.02. The Kier molecular flexibility index (Phi) is 6.62. The molecular weight excluding hydrogens is 390 g/mol. The third kappa shape index (κ3) is 4.25. The first-order valence-corrected chi connectivity index (χ1v) is 8.54. The molecule has 1 fully saturated rings. The lowest BCUT2D eigenvalue weighted by atomic mass is 10.0. The number of amides is 2. The molecule has 0 aromatic heterocycles. The Morgan fingerprint density at radius 3 is 2.50 bits per heavy atom. The van der Waals surface area contributed by atoms with E-state index in [1.165, 1.54) is 42.2 Å². The van der Waals surface area contributed by atoms with Crippen molar-refractivity contribution in [1.29, 1.82) is 0 Å². The van der Waals surface area contributed by atoms with Crippen molar-refractivity contribution >= 4 is 41.9 Å². The molecule has 0 saturated carbocycles. The molecule has 11 heteroatoms. The minimum atomic E-state index is -1.05. The van der Waals surface area contributed by atoms with Crippen LogP contribution in [0.25, 0.3) is 5.57 Å². The van der Waals surface area contributed by atoms with Crippen molar-refractivity contribution in [3.05, 3.63) is 40.5 Å². The molecule has 2 rings (SSSR count). The molecule has 1 aliphatic heterocycles. The van der Waals surface area contributed by atoms with Gasteiger partial charge in [-0.25, -0.2) is 9.59 Å². The quantitative estimate of drug-likeness (QED) is 0.262. The van der Waals surface area contributed by atoms with Crippen LogP contribution in [0.2, 0.25) is 0 Å². The summed E-state index contributed by atoms with van der Waals surface area (Å²) in [6.45, 7) is 3.81. The van der Waals surface area contributed by atoms with Gasteiger partial charge in [-0.05, 0) is 11.6 Å². The van der Waals surface area contributed by atoms with Crippen molar-refractivity contribution in [2.75, 3.05) is 33.9 Å². The normalized spacial score (nSPS) is 16.3. The van der Waals surface area contributed by atoms with Gasteiger partial charge >= 0.3 is 12.1 Å². The van der Waals surface area contributed by atoms with E-state index in [0.29, 0.717) is 0 Å². The van der Waals surface area contributed by atoms with E-state index in [1.54, 1.807) is 0 Å². The van der Waals surface area contributed by atoms with Crippen molar-refractivity contribution in [2.45, 2.75) is 10.9 Å². The average molecular weight is 409 g/mol. The topological polar surface area (TPSA) is 119 Å². The minimum absolute atomic E-state index is 0.0307. The smallest absolute Gasteiger partial charge is 0.409 e. The zero-order valence-corrected chi connectivity index (χ0v) is 16.2. The number of carbonyl (C=O) groups excluding carboxylic acids is 3. The lowest BCUT2D eigenvalue weighted by Crippen LogP contribution is -2.59. The number of nitrogens with zero attached hydrogens (tertiary/aromatic N) is 3. The molecule has 2 amide bonds. The molecule has 1 aliphatic rings. The minimum Gasteiger partial charge on any atom is -0.467 e. The van der Waals surface area contributed by atoms with Gasteiger partial charge in [0.15, 0.2) is 0 Å². The van der Waals surface area contributed by atoms with E-state index in [9.17, 15) is 24.5 Å². The molecule has 1 aromatic rings. The Balaban J connectivity index is 2.29. The lowest BCUT2D eigenvalue weighted by molar-refractivity contribution is -0.387. The van der Waals surface area contributed by atoms with Crippen LogP contribution in [0.15, 0.2) is 29.7 Å². The Morgan fingerprint density at radius 2 is 1.93 bits per heavy atom. The fourth-order valence-corrected chi connectivity index (χ4v) is 3.03. The van der Waals surface area contributed by atoms with Gasteiger partial charge in [-0.15, -0.1) is 12.6 Å². The van der Waals surface area contributed by atoms with Crippen LogP contribution in [0, 0.1) is 10.1 Å². The maximum absolute atomic E-state index is 12.9. The van der Waals surface area contributed by atoms with E-state index in [-0.39, 0.29) is 41.4 Å². The molecule has 1 unspecified atom stereocenters. The van der Waals surface area contributed by atoms with Gasteiger partial charge in [-0.3, -0.25) is 14.9 Å². The average Bonchev–Trinajstić information content (AvgIpc) is 2.71. The Labute approximate surface area is 166 Å². The Bertz CT molecular complexity index is 842. The van der Waals surface area contributed by atoms with Crippen LogP contribution in [0.5, 0.6) is 0 Å². The van der Waals surface area contributed by atoms with Gasteiger partial charge in [0.05, 0.1) is 30.6 Å². The molecule has 10 nitrogen and oxygen atoms in total. The molecule has 150 valence electrons. The molecule has 1 atom stereocenters.